The van der Waals surface area contributed by atoms with E-state index in [0.29, 0.717) is 5.03 Å². The molecule has 0 aliphatic rings. The Morgan fingerprint density at radius 3 is 2.81 bits per heavy atom. The van der Waals surface area contributed by atoms with Gasteiger partial charge in [0.1, 0.15) is 0 Å². The van der Waals surface area contributed by atoms with Crippen molar-refractivity contribution in [3.8, 4) is 5.95 Å². The highest BCUT2D eigenvalue weighted by Crippen LogP contribution is 2.27. The van der Waals surface area contributed by atoms with Crippen LogP contribution in [0.5, 0.6) is 5.95 Å². The molecule has 1 atom stereocenters. The Kier molecular flexibility index (Phi) is 4.52. The average molecular weight is 307 g/mol. The summed E-state index contributed by atoms with van der Waals surface area (Å²) in [7, 11) is 1.60. The van der Waals surface area contributed by atoms with Crippen LogP contribution >= 0.6 is 11.8 Å². The van der Waals surface area contributed by atoms with Crippen molar-refractivity contribution in [2.24, 2.45) is 7.05 Å². The molecule has 1 heterocycles. The number of amides is 1. The zero-order chi connectivity index (χ0) is 15.6. The molecule has 1 aromatic carbocycles. The minimum Gasteiger partial charge on any atom is -0.538 e. The van der Waals surface area contributed by atoms with E-state index in [9.17, 15) is 9.90 Å². The smallest absolute Gasteiger partial charge is 0.291 e. The van der Waals surface area contributed by atoms with Crippen LogP contribution in [0.4, 0.5) is 5.69 Å². The lowest BCUT2D eigenvalue weighted by molar-refractivity contribution is -0.772. The molecule has 2 rings (SSSR count). The number of rotatable bonds is 4. The van der Waals surface area contributed by atoms with Crippen LogP contribution in [-0.4, -0.2) is 16.4 Å². The third kappa shape index (κ3) is 3.36. The van der Waals surface area contributed by atoms with Crippen molar-refractivity contribution in [1.29, 1.82) is 0 Å². The quantitative estimate of drug-likeness (QED) is 0.680. The summed E-state index contributed by atoms with van der Waals surface area (Å²) in [6, 6.07) is 5.74. The van der Waals surface area contributed by atoms with Gasteiger partial charge in [0, 0.05) is 5.69 Å². The molecule has 0 fully saturated rings. The molecule has 0 saturated carbocycles. The number of benzene rings is 1. The highest BCUT2D eigenvalue weighted by molar-refractivity contribution is 8.00. The first kappa shape index (κ1) is 15.4. The van der Waals surface area contributed by atoms with Crippen LogP contribution in [0.15, 0.2) is 27.7 Å². The third-order valence-electron chi connectivity index (χ3n) is 3.23. The van der Waals surface area contributed by atoms with Crippen LogP contribution in [0.2, 0.25) is 0 Å². The van der Waals surface area contributed by atoms with E-state index in [0.717, 1.165) is 28.6 Å². The first-order valence-electron chi connectivity index (χ1n) is 6.47. The van der Waals surface area contributed by atoms with Gasteiger partial charge in [-0.1, -0.05) is 16.8 Å². The van der Waals surface area contributed by atoms with Gasteiger partial charge in [-0.3, -0.25) is 4.79 Å². The molecule has 7 heteroatoms. The molecule has 1 aromatic heterocycles. The summed E-state index contributed by atoms with van der Waals surface area (Å²) in [5.74, 6) is -0.705. The van der Waals surface area contributed by atoms with Crippen LogP contribution in [0, 0.1) is 13.8 Å². The third-order valence-corrected chi connectivity index (χ3v) is 4.46. The largest absolute Gasteiger partial charge is 0.538 e. The van der Waals surface area contributed by atoms with E-state index in [1.165, 1.54) is 4.68 Å². The van der Waals surface area contributed by atoms with Gasteiger partial charge in [-0.05, 0) is 49.7 Å². The first-order chi connectivity index (χ1) is 9.90. The predicted molar refractivity (Wildman–Crippen MR) is 77.0 cm³/mol. The van der Waals surface area contributed by atoms with E-state index >= 15 is 0 Å². The summed E-state index contributed by atoms with van der Waals surface area (Å²) in [5, 5.41) is 17.7. The molecule has 6 nitrogen and oxygen atoms in total. The summed E-state index contributed by atoms with van der Waals surface area (Å²) in [6.45, 7) is 5.68. The van der Waals surface area contributed by atoms with Gasteiger partial charge in [-0.2, -0.15) is 0 Å². The molecule has 0 saturated heterocycles. The van der Waals surface area contributed by atoms with Crippen molar-refractivity contribution in [3.05, 3.63) is 29.3 Å². The van der Waals surface area contributed by atoms with Crippen molar-refractivity contribution in [1.82, 2.24) is 5.27 Å². The van der Waals surface area contributed by atoms with Crippen LogP contribution in [0.1, 0.15) is 18.1 Å². The monoisotopic (exact) mass is 307 g/mol. The zero-order valence-electron chi connectivity index (χ0n) is 12.3. The zero-order valence-corrected chi connectivity index (χ0v) is 13.2. The minimum atomic E-state index is -0.533. The summed E-state index contributed by atoms with van der Waals surface area (Å²) >= 11 is 1.12. The van der Waals surface area contributed by atoms with E-state index in [2.05, 4.69) is 15.1 Å². The average Bonchev–Trinajstić information content (AvgIpc) is 2.75. The molecule has 0 radical (unpaired) electrons. The number of anilines is 1. The van der Waals surface area contributed by atoms with Gasteiger partial charge in [0.25, 0.3) is 5.03 Å². The topological polar surface area (TPSA) is 82.1 Å². The lowest BCUT2D eigenvalue weighted by atomic mass is 10.1. The second-order valence-corrected chi connectivity index (χ2v) is 6.12. The number of carbonyl (C=O) groups excluding carboxylic acids is 1. The van der Waals surface area contributed by atoms with Crippen LogP contribution in [0.25, 0.3) is 0 Å². The number of aromatic nitrogens is 2. The van der Waals surface area contributed by atoms with E-state index < -0.39 is 11.2 Å². The van der Waals surface area contributed by atoms with E-state index in [-0.39, 0.29) is 5.91 Å². The molecule has 2 aromatic rings. The maximum absolute atomic E-state index is 12.2. The lowest BCUT2D eigenvalue weighted by Crippen LogP contribution is -2.33. The molecule has 0 spiro atoms. The van der Waals surface area contributed by atoms with Crippen LogP contribution < -0.4 is 15.1 Å². The molecule has 112 valence electrons. The Hall–Kier alpha value is -2.02. The van der Waals surface area contributed by atoms with Crippen molar-refractivity contribution in [2.75, 3.05) is 5.32 Å². The minimum absolute atomic E-state index is 0.172. The van der Waals surface area contributed by atoms with Crippen molar-refractivity contribution < 1.29 is 19.1 Å². The second-order valence-electron chi connectivity index (χ2n) is 4.79. The highest BCUT2D eigenvalue weighted by atomic mass is 32.2. The number of hydrogen-bond donors (Lipinski definition) is 1. The summed E-state index contributed by atoms with van der Waals surface area (Å²) < 4.78 is 5.86. The molecule has 21 heavy (non-hydrogen) atoms. The maximum Gasteiger partial charge on any atom is 0.291 e. The summed E-state index contributed by atoms with van der Waals surface area (Å²) in [5.41, 5.74) is 2.92. The van der Waals surface area contributed by atoms with Gasteiger partial charge < -0.3 is 14.9 Å². The Balaban J connectivity index is 2.08. The molecular formula is C14H17N3O3S. The Morgan fingerprint density at radius 1 is 1.48 bits per heavy atom. The molecule has 1 N–H and O–H groups in total. The van der Waals surface area contributed by atoms with E-state index in [1.807, 2.05) is 32.0 Å². The molecule has 0 aliphatic carbocycles. The van der Waals surface area contributed by atoms with Crippen molar-refractivity contribution in [2.45, 2.75) is 31.0 Å². The summed E-state index contributed by atoms with van der Waals surface area (Å²) in [4.78, 5) is 12.2. The maximum atomic E-state index is 12.2. The molecular weight excluding hydrogens is 290 g/mol. The van der Waals surface area contributed by atoms with Gasteiger partial charge >= 0.3 is 0 Å². The SMILES string of the molecule is Cc1cccc(NC(=O)C(C)Sc2c([O-])on[n+]2C)c1C. The fraction of sp³-hybridized carbons (Fsp3) is 0.357. The van der Waals surface area contributed by atoms with Crippen LogP contribution in [-0.2, 0) is 11.8 Å². The van der Waals surface area contributed by atoms with Crippen molar-refractivity contribution in [3.63, 3.8) is 0 Å². The van der Waals surface area contributed by atoms with Gasteiger partial charge in [0.2, 0.25) is 5.91 Å². The lowest BCUT2D eigenvalue weighted by Gasteiger charge is -2.13. The normalized spacial score (nSPS) is 12.2. The van der Waals surface area contributed by atoms with E-state index in [4.69, 9.17) is 0 Å². The number of hydrogen-bond acceptors (Lipinski definition) is 5. The van der Waals surface area contributed by atoms with Crippen molar-refractivity contribution >= 4 is 23.4 Å². The predicted octanol–water partition coefficient (Wildman–Crippen LogP) is 1.31. The van der Waals surface area contributed by atoms with Gasteiger partial charge in [0.05, 0.1) is 10.5 Å². The van der Waals surface area contributed by atoms with Gasteiger partial charge in [-0.15, -0.1) is 0 Å². The molecule has 1 amide bonds. The second kappa shape index (κ2) is 6.17. The fourth-order valence-corrected chi connectivity index (χ4v) is 2.59. The number of nitrogens with zero attached hydrogens (tertiary/aromatic N) is 2. The van der Waals surface area contributed by atoms with E-state index in [1.54, 1.807) is 14.0 Å². The molecule has 0 aliphatic heterocycles. The molecule has 1 unspecified atom stereocenters. The van der Waals surface area contributed by atoms with Gasteiger partial charge in [0.15, 0.2) is 13.0 Å². The van der Waals surface area contributed by atoms with Gasteiger partial charge in [-0.25, -0.2) is 0 Å². The standard InChI is InChI=1S/C14H17N3O3S/c1-8-6-5-7-11(9(8)2)15-12(18)10(3)21-13-14(19)20-16-17(13)4/h5-7,10H,1-4H3,(H-,15,16,18,19). The highest BCUT2D eigenvalue weighted by Gasteiger charge is 2.23. The Bertz CT molecular complexity index is 650. The number of carbonyl (C=O) groups is 1. The summed E-state index contributed by atoms with van der Waals surface area (Å²) in [6.07, 6.45) is 0. The first-order valence-corrected chi connectivity index (χ1v) is 7.35. The number of nitrogens with one attached hydrogen (secondary N) is 1. The Morgan fingerprint density at radius 2 is 2.19 bits per heavy atom. The number of aryl methyl sites for hydroxylation is 2. The number of thioether (sulfide) groups is 1. The molecule has 0 bridgehead atoms. The Labute approximate surface area is 127 Å². The van der Waals surface area contributed by atoms with Crippen LogP contribution in [0.3, 0.4) is 0 Å². The fourth-order valence-electron chi connectivity index (χ4n) is 1.77.